The van der Waals surface area contributed by atoms with E-state index in [-0.39, 0.29) is 11.8 Å². The van der Waals surface area contributed by atoms with Crippen LogP contribution >= 0.6 is 0 Å². The van der Waals surface area contributed by atoms with Gasteiger partial charge >= 0.3 is 0 Å². The summed E-state index contributed by atoms with van der Waals surface area (Å²) >= 11 is 0. The first kappa shape index (κ1) is 12.2. The van der Waals surface area contributed by atoms with Gasteiger partial charge in [-0.05, 0) is 11.5 Å². The second-order valence-corrected chi connectivity index (χ2v) is 4.22. The highest BCUT2D eigenvalue weighted by atomic mass is 16.1. The van der Waals surface area contributed by atoms with Gasteiger partial charge in [-0.1, -0.05) is 37.3 Å². The zero-order valence-electron chi connectivity index (χ0n) is 10.2. The van der Waals surface area contributed by atoms with Gasteiger partial charge in [-0.25, -0.2) is 0 Å². The third-order valence-corrected chi connectivity index (χ3v) is 2.85. The molecule has 1 heterocycles. The summed E-state index contributed by atoms with van der Waals surface area (Å²) in [5, 5.41) is 9.10. The third kappa shape index (κ3) is 2.68. The fourth-order valence-corrected chi connectivity index (χ4v) is 1.72. The molecule has 0 bridgehead atoms. The van der Waals surface area contributed by atoms with Crippen LogP contribution in [-0.2, 0) is 0 Å². The second kappa shape index (κ2) is 5.35. The smallest absolute Gasteiger partial charge is 0.256 e. The number of benzene rings is 1. The van der Waals surface area contributed by atoms with Gasteiger partial charge in [0.2, 0.25) is 0 Å². The summed E-state index contributed by atoms with van der Waals surface area (Å²) in [5.41, 5.74) is 7.16. The van der Waals surface area contributed by atoms with Crippen molar-refractivity contribution in [2.24, 2.45) is 0 Å². The lowest BCUT2D eigenvalue weighted by Crippen LogP contribution is -2.27. The SMILES string of the molecule is CC(CNC(=O)c1cn[nH]c1N)c1ccccc1. The number of hydrogen-bond acceptors (Lipinski definition) is 3. The van der Waals surface area contributed by atoms with E-state index in [0.717, 1.165) is 0 Å². The minimum atomic E-state index is -0.205. The topological polar surface area (TPSA) is 83.8 Å². The number of hydrogen-bond donors (Lipinski definition) is 3. The molecule has 0 spiro atoms. The molecule has 5 nitrogen and oxygen atoms in total. The first-order valence-corrected chi connectivity index (χ1v) is 5.80. The molecular weight excluding hydrogens is 228 g/mol. The number of nitrogens with one attached hydrogen (secondary N) is 2. The van der Waals surface area contributed by atoms with Crippen molar-refractivity contribution in [2.45, 2.75) is 12.8 Å². The molecule has 4 N–H and O–H groups in total. The van der Waals surface area contributed by atoms with Gasteiger partial charge in [-0.15, -0.1) is 0 Å². The van der Waals surface area contributed by atoms with Gasteiger partial charge in [-0.2, -0.15) is 5.10 Å². The van der Waals surface area contributed by atoms with Crippen LogP contribution in [0.25, 0.3) is 0 Å². The summed E-state index contributed by atoms with van der Waals surface area (Å²) in [4.78, 5) is 11.8. The van der Waals surface area contributed by atoms with Gasteiger partial charge in [0, 0.05) is 6.54 Å². The lowest BCUT2D eigenvalue weighted by Gasteiger charge is -2.12. The Labute approximate surface area is 105 Å². The number of amides is 1. The molecule has 94 valence electrons. The maximum atomic E-state index is 11.8. The highest BCUT2D eigenvalue weighted by Gasteiger charge is 2.12. The molecule has 0 aliphatic rings. The molecule has 1 aromatic heterocycles. The Morgan fingerprint density at radius 2 is 2.17 bits per heavy atom. The number of aromatic nitrogens is 2. The first-order chi connectivity index (χ1) is 8.68. The summed E-state index contributed by atoms with van der Waals surface area (Å²) in [6.45, 7) is 2.63. The van der Waals surface area contributed by atoms with Gasteiger partial charge in [0.05, 0.1) is 6.20 Å². The Balaban J connectivity index is 1.93. The van der Waals surface area contributed by atoms with E-state index in [1.54, 1.807) is 0 Å². The second-order valence-electron chi connectivity index (χ2n) is 4.22. The predicted octanol–water partition coefficient (Wildman–Crippen LogP) is 1.53. The molecule has 0 aliphatic carbocycles. The number of carbonyl (C=O) groups excluding carboxylic acids is 1. The van der Waals surface area contributed by atoms with E-state index in [9.17, 15) is 4.79 Å². The van der Waals surface area contributed by atoms with E-state index < -0.39 is 0 Å². The van der Waals surface area contributed by atoms with Crippen LogP contribution in [-0.4, -0.2) is 22.6 Å². The van der Waals surface area contributed by atoms with Crippen molar-refractivity contribution in [1.82, 2.24) is 15.5 Å². The van der Waals surface area contributed by atoms with Crippen molar-refractivity contribution in [2.75, 3.05) is 12.3 Å². The van der Waals surface area contributed by atoms with Crippen LogP contribution in [0.1, 0.15) is 28.8 Å². The number of carbonyl (C=O) groups is 1. The zero-order valence-corrected chi connectivity index (χ0v) is 10.2. The molecule has 0 fully saturated rings. The molecular formula is C13H16N4O. The van der Waals surface area contributed by atoms with Crippen molar-refractivity contribution < 1.29 is 4.79 Å². The predicted molar refractivity (Wildman–Crippen MR) is 70.2 cm³/mol. The van der Waals surface area contributed by atoms with E-state index in [2.05, 4.69) is 22.4 Å². The van der Waals surface area contributed by atoms with Gasteiger partial charge in [0.25, 0.3) is 5.91 Å². The van der Waals surface area contributed by atoms with Crippen LogP contribution < -0.4 is 11.1 Å². The maximum absolute atomic E-state index is 11.8. The van der Waals surface area contributed by atoms with E-state index >= 15 is 0 Å². The average Bonchev–Trinajstić information content (AvgIpc) is 2.83. The van der Waals surface area contributed by atoms with Crippen LogP contribution in [0.15, 0.2) is 36.5 Å². The van der Waals surface area contributed by atoms with E-state index in [1.165, 1.54) is 11.8 Å². The maximum Gasteiger partial charge on any atom is 0.256 e. The Hall–Kier alpha value is -2.30. The molecule has 0 saturated heterocycles. The van der Waals surface area contributed by atoms with Crippen molar-refractivity contribution >= 4 is 11.7 Å². The summed E-state index contributed by atoms with van der Waals surface area (Å²) < 4.78 is 0. The molecule has 18 heavy (non-hydrogen) atoms. The van der Waals surface area contributed by atoms with Crippen LogP contribution in [0.2, 0.25) is 0 Å². The lowest BCUT2D eigenvalue weighted by atomic mass is 10.0. The first-order valence-electron chi connectivity index (χ1n) is 5.80. The molecule has 1 unspecified atom stereocenters. The van der Waals surface area contributed by atoms with Gasteiger partial charge in [0.15, 0.2) is 0 Å². The number of aromatic amines is 1. The van der Waals surface area contributed by atoms with E-state index in [4.69, 9.17) is 5.73 Å². The fourth-order valence-electron chi connectivity index (χ4n) is 1.72. The van der Waals surface area contributed by atoms with Crippen LogP contribution in [0, 0.1) is 0 Å². The van der Waals surface area contributed by atoms with E-state index in [0.29, 0.717) is 17.9 Å². The van der Waals surface area contributed by atoms with Crippen molar-refractivity contribution in [3.05, 3.63) is 47.7 Å². The van der Waals surface area contributed by atoms with Gasteiger partial charge in [-0.3, -0.25) is 9.89 Å². The minimum Gasteiger partial charge on any atom is -0.383 e. The summed E-state index contributed by atoms with van der Waals surface area (Å²) in [5.74, 6) is 0.340. The highest BCUT2D eigenvalue weighted by molar-refractivity contribution is 5.98. The Morgan fingerprint density at radius 1 is 1.44 bits per heavy atom. The molecule has 0 saturated carbocycles. The molecule has 5 heteroatoms. The van der Waals surface area contributed by atoms with Crippen molar-refractivity contribution in [3.63, 3.8) is 0 Å². The summed E-state index contributed by atoms with van der Waals surface area (Å²) in [6, 6.07) is 10.0. The van der Waals surface area contributed by atoms with Crippen LogP contribution in [0.4, 0.5) is 5.82 Å². The summed E-state index contributed by atoms with van der Waals surface area (Å²) in [7, 11) is 0. The Kier molecular flexibility index (Phi) is 3.62. The Morgan fingerprint density at radius 3 is 2.78 bits per heavy atom. The molecule has 1 amide bonds. The largest absolute Gasteiger partial charge is 0.383 e. The fraction of sp³-hybridized carbons (Fsp3) is 0.231. The standard InChI is InChI=1S/C13H16N4O/c1-9(10-5-3-2-4-6-10)7-15-13(18)11-8-16-17-12(11)14/h2-6,8-9H,7H2,1H3,(H,15,18)(H3,14,16,17). The summed E-state index contributed by atoms with van der Waals surface area (Å²) in [6.07, 6.45) is 1.43. The number of nitrogen functional groups attached to an aromatic ring is 1. The Bertz CT molecular complexity index is 521. The van der Waals surface area contributed by atoms with Gasteiger partial charge in [0.1, 0.15) is 11.4 Å². The lowest BCUT2D eigenvalue weighted by molar-refractivity contribution is 0.0952. The molecule has 0 radical (unpaired) electrons. The number of nitrogens with zero attached hydrogens (tertiary/aromatic N) is 1. The number of H-pyrrole nitrogens is 1. The van der Waals surface area contributed by atoms with Gasteiger partial charge < -0.3 is 11.1 Å². The molecule has 1 atom stereocenters. The number of nitrogens with two attached hydrogens (primary N) is 1. The minimum absolute atomic E-state index is 0.205. The van der Waals surface area contributed by atoms with E-state index in [1.807, 2.05) is 30.3 Å². The number of rotatable bonds is 4. The highest BCUT2D eigenvalue weighted by Crippen LogP contribution is 2.13. The van der Waals surface area contributed by atoms with Crippen molar-refractivity contribution in [3.8, 4) is 0 Å². The molecule has 2 rings (SSSR count). The normalized spacial score (nSPS) is 12.1. The average molecular weight is 244 g/mol. The third-order valence-electron chi connectivity index (χ3n) is 2.85. The molecule has 2 aromatic rings. The quantitative estimate of drug-likeness (QED) is 0.762. The number of anilines is 1. The van der Waals surface area contributed by atoms with Crippen LogP contribution in [0.3, 0.4) is 0 Å². The monoisotopic (exact) mass is 244 g/mol. The molecule has 1 aromatic carbocycles. The molecule has 0 aliphatic heterocycles. The van der Waals surface area contributed by atoms with Crippen LogP contribution in [0.5, 0.6) is 0 Å². The zero-order chi connectivity index (χ0) is 13.0. The van der Waals surface area contributed by atoms with Crippen molar-refractivity contribution in [1.29, 1.82) is 0 Å².